The van der Waals surface area contributed by atoms with E-state index >= 15 is 0 Å². The minimum absolute atomic E-state index is 0.0850. The number of hydrazone groups is 1. The number of nitrogens with one attached hydrogen (secondary N) is 1. The summed E-state index contributed by atoms with van der Waals surface area (Å²) in [4.78, 5) is 23.1. The van der Waals surface area contributed by atoms with E-state index in [9.17, 15) is 9.59 Å². The number of hydrogen-bond acceptors (Lipinski definition) is 6. The minimum atomic E-state index is -0.606. The molecule has 2 aromatic carbocycles. The summed E-state index contributed by atoms with van der Waals surface area (Å²) in [6.45, 7) is -0.276. The van der Waals surface area contributed by atoms with Gasteiger partial charge in [0.05, 0.1) is 18.3 Å². The lowest BCUT2D eigenvalue weighted by molar-refractivity contribution is -0.119. The fourth-order valence-electron chi connectivity index (χ4n) is 2.43. The zero-order valence-corrected chi connectivity index (χ0v) is 17.4. The van der Waals surface area contributed by atoms with E-state index in [1.807, 2.05) is 6.07 Å². The van der Waals surface area contributed by atoms with E-state index < -0.39 is 11.8 Å². The molecule has 1 heterocycles. The smallest absolute Gasteiger partial charge is 0.307 e. The number of halogens is 2. The number of nitrogens with zero attached hydrogens (tertiary/aromatic N) is 1. The molecule has 0 aliphatic carbocycles. The summed E-state index contributed by atoms with van der Waals surface area (Å²) in [7, 11) is 1.52. The van der Waals surface area contributed by atoms with Crippen LogP contribution in [0.25, 0.3) is 11.0 Å². The molecule has 2 amide bonds. The Bertz CT molecular complexity index is 1110. The molecule has 10 heteroatoms. The number of methoxy groups -OCH3 is 1. The first-order chi connectivity index (χ1) is 13.9. The van der Waals surface area contributed by atoms with Crippen LogP contribution in [0.15, 0.2) is 50.4 Å². The second kappa shape index (κ2) is 8.97. The summed E-state index contributed by atoms with van der Waals surface area (Å²) in [5, 5.41) is 4.88. The number of carbonyl (C=O) groups excluding carboxylic acids is 2. The molecule has 0 atom stereocenters. The minimum Gasteiger partial charge on any atom is -0.493 e. The standard InChI is InChI=1S/C19H15BrClN3O5/c1-27-15-7-12(20)5-11-6-16(29-18(11)15)19(26)24-23-8-10-2-3-14(13(21)4-10)28-9-17(22)25/h2-8H,9H2,1H3,(H2,22,25)(H,24,26). The summed E-state index contributed by atoms with van der Waals surface area (Å²) in [6, 6.07) is 9.93. The Hall–Kier alpha value is -3.04. The van der Waals surface area contributed by atoms with Gasteiger partial charge in [0.15, 0.2) is 23.7 Å². The van der Waals surface area contributed by atoms with E-state index in [0.29, 0.717) is 28.0 Å². The Morgan fingerprint density at radius 1 is 1.28 bits per heavy atom. The number of hydrogen-bond donors (Lipinski definition) is 2. The SMILES string of the molecule is COc1cc(Br)cc2cc(C(=O)NN=Cc3ccc(OCC(N)=O)c(Cl)c3)oc12. The maximum absolute atomic E-state index is 12.3. The quantitative estimate of drug-likeness (QED) is 0.397. The zero-order chi connectivity index (χ0) is 21.0. The van der Waals surface area contributed by atoms with Crippen LogP contribution in [-0.4, -0.2) is 31.7 Å². The molecular formula is C19H15BrClN3O5. The van der Waals surface area contributed by atoms with Gasteiger partial charge in [-0.25, -0.2) is 5.43 Å². The number of furan rings is 1. The highest BCUT2D eigenvalue weighted by atomic mass is 79.9. The summed E-state index contributed by atoms with van der Waals surface area (Å²) in [5.74, 6) is -0.228. The molecule has 0 aliphatic heterocycles. The van der Waals surface area contributed by atoms with Crippen molar-refractivity contribution in [3.63, 3.8) is 0 Å². The fourth-order valence-corrected chi connectivity index (χ4v) is 3.13. The first kappa shape index (κ1) is 20.7. The molecule has 3 N–H and O–H groups in total. The number of ether oxygens (including phenoxy) is 2. The Morgan fingerprint density at radius 3 is 2.76 bits per heavy atom. The first-order valence-electron chi connectivity index (χ1n) is 8.18. The lowest BCUT2D eigenvalue weighted by atomic mass is 10.2. The first-order valence-corrected chi connectivity index (χ1v) is 9.35. The van der Waals surface area contributed by atoms with Crippen molar-refractivity contribution in [1.29, 1.82) is 0 Å². The maximum atomic E-state index is 12.3. The van der Waals surface area contributed by atoms with Crippen molar-refractivity contribution in [2.75, 3.05) is 13.7 Å². The fraction of sp³-hybridized carbons (Fsp3) is 0.105. The molecule has 0 saturated carbocycles. The van der Waals surface area contributed by atoms with Gasteiger partial charge in [-0.2, -0.15) is 5.10 Å². The van der Waals surface area contributed by atoms with Crippen molar-refractivity contribution in [1.82, 2.24) is 5.43 Å². The molecule has 0 radical (unpaired) electrons. The van der Waals surface area contributed by atoms with Gasteiger partial charge in [-0.15, -0.1) is 0 Å². The molecule has 0 saturated heterocycles. The van der Waals surface area contributed by atoms with E-state index in [-0.39, 0.29) is 17.4 Å². The Kier molecular flexibility index (Phi) is 6.40. The predicted octanol–water partition coefficient (Wildman–Crippen LogP) is 3.49. The lowest BCUT2D eigenvalue weighted by Gasteiger charge is -2.06. The third kappa shape index (κ3) is 5.07. The molecule has 29 heavy (non-hydrogen) atoms. The van der Waals surface area contributed by atoms with Crippen LogP contribution in [0.5, 0.6) is 11.5 Å². The number of fused-ring (bicyclic) bond motifs is 1. The van der Waals surface area contributed by atoms with E-state index in [1.165, 1.54) is 13.3 Å². The van der Waals surface area contributed by atoms with E-state index in [4.69, 9.17) is 31.2 Å². The van der Waals surface area contributed by atoms with Crippen LogP contribution in [0, 0.1) is 0 Å². The van der Waals surface area contributed by atoms with Crippen LogP contribution >= 0.6 is 27.5 Å². The van der Waals surface area contributed by atoms with Gasteiger partial charge < -0.3 is 19.6 Å². The van der Waals surface area contributed by atoms with Crippen LogP contribution in [0.1, 0.15) is 16.1 Å². The second-order valence-corrected chi connectivity index (χ2v) is 7.10. The molecule has 8 nitrogen and oxygen atoms in total. The van der Waals surface area contributed by atoms with Gasteiger partial charge >= 0.3 is 5.91 Å². The number of carbonyl (C=O) groups is 2. The van der Waals surface area contributed by atoms with E-state index in [0.717, 1.165) is 4.47 Å². The molecular weight excluding hydrogens is 466 g/mol. The molecule has 0 bridgehead atoms. The van der Waals surface area contributed by atoms with Crippen molar-refractivity contribution in [2.45, 2.75) is 0 Å². The van der Waals surface area contributed by atoms with Crippen LogP contribution < -0.4 is 20.6 Å². The van der Waals surface area contributed by atoms with Crippen molar-refractivity contribution < 1.29 is 23.5 Å². The third-order valence-corrected chi connectivity index (χ3v) is 4.45. The van der Waals surface area contributed by atoms with Crippen LogP contribution in [0.2, 0.25) is 5.02 Å². The van der Waals surface area contributed by atoms with Crippen molar-refractivity contribution in [3.05, 3.63) is 57.2 Å². The Labute approximate surface area is 178 Å². The summed E-state index contributed by atoms with van der Waals surface area (Å²) in [6.07, 6.45) is 1.40. The van der Waals surface area contributed by atoms with Crippen LogP contribution in [0.4, 0.5) is 0 Å². The summed E-state index contributed by atoms with van der Waals surface area (Å²) in [5.41, 5.74) is 8.48. The Morgan fingerprint density at radius 2 is 2.07 bits per heavy atom. The van der Waals surface area contributed by atoms with E-state index in [1.54, 1.807) is 30.3 Å². The molecule has 3 aromatic rings. The van der Waals surface area contributed by atoms with Gasteiger partial charge in [-0.05, 0) is 42.0 Å². The maximum Gasteiger partial charge on any atom is 0.307 e. The summed E-state index contributed by atoms with van der Waals surface area (Å²) >= 11 is 9.46. The average molecular weight is 481 g/mol. The van der Waals surface area contributed by atoms with Gasteiger partial charge in [-0.1, -0.05) is 27.5 Å². The molecule has 1 aromatic heterocycles. The van der Waals surface area contributed by atoms with Crippen molar-refractivity contribution >= 4 is 56.5 Å². The lowest BCUT2D eigenvalue weighted by Crippen LogP contribution is -2.20. The molecule has 0 unspecified atom stereocenters. The molecule has 0 fully saturated rings. The number of benzene rings is 2. The van der Waals surface area contributed by atoms with Crippen molar-refractivity contribution in [2.24, 2.45) is 10.8 Å². The highest BCUT2D eigenvalue weighted by Gasteiger charge is 2.15. The second-order valence-electron chi connectivity index (χ2n) is 5.78. The summed E-state index contributed by atoms with van der Waals surface area (Å²) < 4.78 is 16.8. The van der Waals surface area contributed by atoms with Gasteiger partial charge in [-0.3, -0.25) is 9.59 Å². The van der Waals surface area contributed by atoms with Crippen molar-refractivity contribution in [3.8, 4) is 11.5 Å². The average Bonchev–Trinajstić information content (AvgIpc) is 3.10. The zero-order valence-electron chi connectivity index (χ0n) is 15.1. The van der Waals surface area contributed by atoms with Crippen LogP contribution in [-0.2, 0) is 4.79 Å². The number of nitrogens with two attached hydrogens (primary N) is 1. The predicted molar refractivity (Wildman–Crippen MR) is 112 cm³/mol. The van der Waals surface area contributed by atoms with Gasteiger partial charge in [0.1, 0.15) is 5.75 Å². The molecule has 0 aliphatic rings. The van der Waals surface area contributed by atoms with E-state index in [2.05, 4.69) is 26.5 Å². The Balaban J connectivity index is 1.69. The monoisotopic (exact) mass is 479 g/mol. The molecule has 3 rings (SSSR count). The van der Waals surface area contributed by atoms with Gasteiger partial charge in [0.2, 0.25) is 0 Å². The number of primary amides is 1. The number of amides is 2. The largest absolute Gasteiger partial charge is 0.493 e. The number of rotatable bonds is 7. The third-order valence-electron chi connectivity index (χ3n) is 3.70. The highest BCUT2D eigenvalue weighted by molar-refractivity contribution is 9.10. The topological polar surface area (TPSA) is 116 Å². The van der Waals surface area contributed by atoms with Gasteiger partial charge in [0, 0.05) is 9.86 Å². The van der Waals surface area contributed by atoms with Gasteiger partial charge in [0.25, 0.3) is 5.91 Å². The van der Waals surface area contributed by atoms with Crippen LogP contribution in [0.3, 0.4) is 0 Å². The highest BCUT2D eigenvalue weighted by Crippen LogP contribution is 2.32. The normalized spacial score (nSPS) is 11.0. The molecule has 150 valence electrons. The molecule has 0 spiro atoms.